The third-order valence-corrected chi connectivity index (χ3v) is 2.00. The van der Waals surface area contributed by atoms with E-state index in [0.29, 0.717) is 0 Å². The summed E-state index contributed by atoms with van der Waals surface area (Å²) in [6.45, 7) is 5.34. The fourth-order valence-corrected chi connectivity index (χ4v) is 1.13. The summed E-state index contributed by atoms with van der Waals surface area (Å²) in [6.07, 6.45) is 7.38. The fraction of sp³-hybridized carbons (Fsp3) is 0.900. The van der Waals surface area contributed by atoms with Crippen molar-refractivity contribution in [1.29, 1.82) is 0 Å². The molecule has 0 aliphatic heterocycles. The molecule has 67 valence electrons. The van der Waals surface area contributed by atoms with Crippen LogP contribution in [0, 0.1) is 12.3 Å². The molecule has 1 heteroatoms. The molecular weight excluding hydrogens is 136 g/mol. The molecule has 0 aromatic carbocycles. The van der Waals surface area contributed by atoms with Crippen LogP contribution >= 0.6 is 0 Å². The van der Waals surface area contributed by atoms with Crippen molar-refractivity contribution in [2.75, 3.05) is 13.7 Å². The Hall–Kier alpha value is -0.0400. The van der Waals surface area contributed by atoms with E-state index in [9.17, 15) is 0 Å². The van der Waals surface area contributed by atoms with Crippen LogP contribution in [0.15, 0.2) is 0 Å². The first-order valence-electron chi connectivity index (χ1n) is 4.58. The Balaban J connectivity index is 3.02. The number of hydrogen-bond acceptors (Lipinski definition) is 1. The quantitative estimate of drug-likeness (QED) is 0.516. The number of rotatable bonds is 7. The second kappa shape index (κ2) is 8.06. The van der Waals surface area contributed by atoms with Crippen molar-refractivity contribution in [3.8, 4) is 0 Å². The maximum Gasteiger partial charge on any atom is 0.0464 e. The normalized spacial score (nSPS) is 13.4. The average Bonchev–Trinajstić information content (AvgIpc) is 2.01. The SMILES string of the molecule is C[CH]CCCC(C)CCOC. The third-order valence-electron chi connectivity index (χ3n) is 2.00. The van der Waals surface area contributed by atoms with Crippen molar-refractivity contribution in [3.05, 3.63) is 6.42 Å². The number of ether oxygens (including phenoxy) is 1. The fourth-order valence-electron chi connectivity index (χ4n) is 1.13. The van der Waals surface area contributed by atoms with Crippen molar-refractivity contribution in [2.24, 2.45) is 5.92 Å². The average molecular weight is 157 g/mol. The Bertz CT molecular complexity index is 71.3. The minimum absolute atomic E-state index is 0.829. The highest BCUT2D eigenvalue weighted by Gasteiger charge is 2.00. The van der Waals surface area contributed by atoms with Gasteiger partial charge < -0.3 is 4.74 Å². The summed E-state index contributed by atoms with van der Waals surface area (Å²) >= 11 is 0. The third kappa shape index (κ3) is 7.86. The van der Waals surface area contributed by atoms with Crippen molar-refractivity contribution in [3.63, 3.8) is 0 Å². The van der Waals surface area contributed by atoms with Gasteiger partial charge in [-0.1, -0.05) is 33.1 Å². The van der Waals surface area contributed by atoms with Gasteiger partial charge in [0.25, 0.3) is 0 Å². The van der Waals surface area contributed by atoms with Gasteiger partial charge in [-0.2, -0.15) is 0 Å². The molecule has 0 spiro atoms. The van der Waals surface area contributed by atoms with E-state index in [-0.39, 0.29) is 0 Å². The molecule has 0 aliphatic carbocycles. The first-order chi connectivity index (χ1) is 5.31. The molecule has 0 rings (SSSR count). The Morgan fingerprint density at radius 3 is 2.64 bits per heavy atom. The molecule has 1 nitrogen and oxygen atoms in total. The number of methoxy groups -OCH3 is 1. The zero-order valence-corrected chi connectivity index (χ0v) is 8.10. The molecule has 0 fully saturated rings. The molecule has 0 aliphatic rings. The molecule has 0 saturated heterocycles. The Kier molecular flexibility index (Phi) is 8.03. The van der Waals surface area contributed by atoms with Crippen LogP contribution in [-0.4, -0.2) is 13.7 Å². The lowest BCUT2D eigenvalue weighted by Crippen LogP contribution is -1.99. The monoisotopic (exact) mass is 157 g/mol. The van der Waals surface area contributed by atoms with Crippen LogP contribution in [0.5, 0.6) is 0 Å². The molecule has 0 heterocycles. The standard InChI is InChI=1S/C10H21O/c1-4-5-6-7-10(2)8-9-11-3/h4,10H,5-9H2,1-3H3. The predicted molar refractivity (Wildman–Crippen MR) is 49.5 cm³/mol. The van der Waals surface area contributed by atoms with Gasteiger partial charge in [0.1, 0.15) is 0 Å². The largest absolute Gasteiger partial charge is 0.385 e. The summed E-state index contributed by atoms with van der Waals surface area (Å²) in [7, 11) is 1.77. The van der Waals surface area contributed by atoms with Gasteiger partial charge in [0.15, 0.2) is 0 Å². The van der Waals surface area contributed by atoms with Gasteiger partial charge in [-0.3, -0.25) is 0 Å². The predicted octanol–water partition coefficient (Wildman–Crippen LogP) is 3.05. The van der Waals surface area contributed by atoms with E-state index in [4.69, 9.17) is 4.74 Å². The van der Waals surface area contributed by atoms with E-state index in [2.05, 4.69) is 20.3 Å². The lowest BCUT2D eigenvalue weighted by Gasteiger charge is -2.09. The highest BCUT2D eigenvalue weighted by Crippen LogP contribution is 2.12. The van der Waals surface area contributed by atoms with E-state index in [1.165, 1.54) is 25.7 Å². The molecule has 0 aromatic rings. The Morgan fingerprint density at radius 1 is 1.36 bits per heavy atom. The van der Waals surface area contributed by atoms with Gasteiger partial charge in [-0.25, -0.2) is 0 Å². The number of unbranched alkanes of at least 4 members (excludes halogenated alkanes) is 2. The summed E-state index contributed by atoms with van der Waals surface area (Å²) < 4.78 is 5.01. The molecule has 0 saturated carbocycles. The molecule has 0 aromatic heterocycles. The molecule has 0 amide bonds. The maximum absolute atomic E-state index is 5.01. The minimum Gasteiger partial charge on any atom is -0.385 e. The van der Waals surface area contributed by atoms with Gasteiger partial charge in [0, 0.05) is 13.7 Å². The van der Waals surface area contributed by atoms with Crippen LogP contribution in [0.3, 0.4) is 0 Å². The molecule has 11 heavy (non-hydrogen) atoms. The van der Waals surface area contributed by atoms with Gasteiger partial charge in [-0.15, -0.1) is 0 Å². The highest BCUT2D eigenvalue weighted by atomic mass is 16.5. The topological polar surface area (TPSA) is 9.23 Å². The molecule has 0 bridgehead atoms. The van der Waals surface area contributed by atoms with E-state index in [1.807, 2.05) is 0 Å². The van der Waals surface area contributed by atoms with Crippen molar-refractivity contribution in [1.82, 2.24) is 0 Å². The molecule has 0 N–H and O–H groups in total. The van der Waals surface area contributed by atoms with Gasteiger partial charge >= 0.3 is 0 Å². The summed E-state index contributed by atoms with van der Waals surface area (Å²) in [5, 5.41) is 0. The zero-order valence-electron chi connectivity index (χ0n) is 8.10. The Labute approximate surface area is 71.1 Å². The van der Waals surface area contributed by atoms with E-state index < -0.39 is 0 Å². The minimum atomic E-state index is 0.829. The molecular formula is C10H21O. The van der Waals surface area contributed by atoms with Crippen LogP contribution in [0.1, 0.15) is 39.5 Å². The smallest absolute Gasteiger partial charge is 0.0464 e. The van der Waals surface area contributed by atoms with E-state index in [0.717, 1.165) is 12.5 Å². The van der Waals surface area contributed by atoms with E-state index in [1.54, 1.807) is 7.11 Å². The Morgan fingerprint density at radius 2 is 2.09 bits per heavy atom. The number of hydrogen-bond donors (Lipinski definition) is 0. The van der Waals surface area contributed by atoms with Gasteiger partial charge in [-0.05, 0) is 18.8 Å². The van der Waals surface area contributed by atoms with Crippen LogP contribution in [-0.2, 0) is 4.74 Å². The second-order valence-electron chi connectivity index (χ2n) is 3.23. The van der Waals surface area contributed by atoms with Crippen LogP contribution < -0.4 is 0 Å². The first-order valence-corrected chi connectivity index (χ1v) is 4.58. The van der Waals surface area contributed by atoms with Crippen LogP contribution in [0.4, 0.5) is 0 Å². The van der Waals surface area contributed by atoms with Gasteiger partial charge in [0.05, 0.1) is 0 Å². The van der Waals surface area contributed by atoms with Crippen LogP contribution in [0.25, 0.3) is 0 Å². The van der Waals surface area contributed by atoms with Crippen molar-refractivity contribution < 1.29 is 4.74 Å². The molecule has 1 atom stereocenters. The van der Waals surface area contributed by atoms with Crippen molar-refractivity contribution >= 4 is 0 Å². The van der Waals surface area contributed by atoms with Crippen molar-refractivity contribution in [2.45, 2.75) is 39.5 Å². The zero-order chi connectivity index (χ0) is 8.53. The summed E-state index contributed by atoms with van der Waals surface area (Å²) in [5.41, 5.74) is 0. The summed E-state index contributed by atoms with van der Waals surface area (Å²) in [6, 6.07) is 0. The molecule has 1 unspecified atom stereocenters. The highest BCUT2D eigenvalue weighted by molar-refractivity contribution is 4.59. The molecule has 1 radical (unpaired) electrons. The lowest BCUT2D eigenvalue weighted by atomic mass is 10.0. The summed E-state index contributed by atoms with van der Waals surface area (Å²) in [4.78, 5) is 0. The first kappa shape index (κ1) is 11.0. The van der Waals surface area contributed by atoms with Crippen LogP contribution in [0.2, 0.25) is 0 Å². The maximum atomic E-state index is 5.01. The summed E-state index contributed by atoms with van der Waals surface area (Å²) in [5.74, 6) is 0.829. The van der Waals surface area contributed by atoms with E-state index >= 15 is 0 Å². The second-order valence-corrected chi connectivity index (χ2v) is 3.23. The lowest BCUT2D eigenvalue weighted by molar-refractivity contribution is 0.178. The van der Waals surface area contributed by atoms with Gasteiger partial charge in [0.2, 0.25) is 0 Å².